The van der Waals surface area contributed by atoms with Crippen molar-refractivity contribution < 1.29 is 31.9 Å². The van der Waals surface area contributed by atoms with E-state index in [0.717, 1.165) is 5.71 Å². The third-order valence-electron chi connectivity index (χ3n) is 4.21. The van der Waals surface area contributed by atoms with Gasteiger partial charge < -0.3 is 17.7 Å². The van der Waals surface area contributed by atoms with Crippen LogP contribution in [0.1, 0.15) is 13.8 Å². The normalized spacial score (nSPS) is 8.93. The molecule has 0 heterocycles. The van der Waals surface area contributed by atoms with E-state index in [1.165, 1.54) is 15.9 Å². The van der Waals surface area contributed by atoms with E-state index in [4.69, 9.17) is 81.8 Å². The summed E-state index contributed by atoms with van der Waals surface area (Å²) in [6.45, 7) is 3.79. The van der Waals surface area contributed by atoms with E-state index < -0.39 is 16.5 Å². The summed E-state index contributed by atoms with van der Waals surface area (Å²) in [6, 6.07) is 42.3. The van der Waals surface area contributed by atoms with Crippen LogP contribution in [0.15, 0.2) is 126 Å². The molecule has 0 fully saturated rings. The van der Waals surface area contributed by atoms with Crippen molar-refractivity contribution in [1.29, 1.82) is 0 Å². The first-order chi connectivity index (χ1) is 19.6. The molecule has 4 aromatic rings. The number of rotatable bonds is 4. The van der Waals surface area contributed by atoms with Gasteiger partial charge in [0.15, 0.2) is 13.7 Å². The zero-order valence-corrected chi connectivity index (χ0v) is 32.2. The molecule has 0 aliphatic carbocycles. The van der Waals surface area contributed by atoms with Crippen LogP contribution in [-0.4, -0.2) is 26.5 Å². The van der Waals surface area contributed by atoms with Gasteiger partial charge in [-0.25, -0.2) is 12.1 Å². The number of benzene rings is 3. The molecule has 0 atom stereocenters. The minimum Gasteiger partial charge on any atom is -1.00 e. The Morgan fingerprint density at radius 1 is 0.674 bits per heavy atom. The van der Waals surface area contributed by atoms with Crippen LogP contribution in [0.2, 0.25) is 0 Å². The van der Waals surface area contributed by atoms with Gasteiger partial charge in [0.05, 0.1) is 0 Å². The van der Waals surface area contributed by atoms with Crippen LogP contribution in [0.4, 0.5) is 0 Å². The van der Waals surface area contributed by atoms with Crippen LogP contribution in [0, 0.1) is 0 Å². The molecule has 0 aliphatic heterocycles. The summed E-state index contributed by atoms with van der Waals surface area (Å²) >= 11 is 33.6. The minimum absolute atomic E-state index is 0. The zero-order chi connectivity index (χ0) is 30.9. The maximum Gasteiger partial charge on any atom is 2.00 e. The van der Waals surface area contributed by atoms with Gasteiger partial charge in [-0.15, -0.1) is 0 Å². The number of nitrogens with one attached hydrogen (secondary N) is 2. The topological polar surface area (TPSA) is 36.4 Å². The molecule has 0 radical (unpaired) electrons. The summed E-state index contributed by atoms with van der Waals surface area (Å²) in [7, 11) is 1.30. The number of hydrazone groups is 1. The van der Waals surface area contributed by atoms with Crippen LogP contribution >= 0.6 is 89.7 Å². The predicted octanol–water partition coefficient (Wildman–Crippen LogP) is 6.30. The maximum atomic E-state index is 4.81. The Morgan fingerprint density at radius 3 is 1.19 bits per heavy atom. The number of alkyl halides is 6. The molecule has 0 amide bonds. The van der Waals surface area contributed by atoms with E-state index in [2.05, 4.69) is 107 Å². The van der Waals surface area contributed by atoms with Gasteiger partial charge in [-0.1, -0.05) is 161 Å². The number of halogens is 7. The van der Waals surface area contributed by atoms with Crippen LogP contribution in [0.25, 0.3) is 0 Å². The largest absolute Gasteiger partial charge is 2.00 e. The first kappa shape index (κ1) is 46.9. The SMILES string of the molecule is CNC(=S)NN=C(C)C.ClC(Cl)Cl.ClC(Cl)Cl.[Cl-].[Ru+2].c1cc[cH-]c1.c1ccc(P(c2ccccc2)c2ccccc2)cc1. The second kappa shape index (κ2) is 31.4. The average molecular weight is 848 g/mol. The fraction of sp³-hybridized carbons (Fsp3) is 0.167. The Labute approximate surface area is 312 Å². The summed E-state index contributed by atoms with van der Waals surface area (Å²) in [5.74, 6) is 0. The number of thiocarbonyl (C=S) groups is 1. The molecule has 3 nitrogen and oxygen atoms in total. The van der Waals surface area contributed by atoms with E-state index >= 15 is 0 Å². The Kier molecular flexibility index (Phi) is 34.3. The molecule has 13 heteroatoms. The van der Waals surface area contributed by atoms with Gasteiger partial charge in [0.2, 0.25) is 0 Å². The molecule has 0 unspecified atom stereocenters. The van der Waals surface area contributed by atoms with Crippen LogP contribution in [0.5, 0.6) is 0 Å². The summed E-state index contributed by atoms with van der Waals surface area (Å²) in [5.41, 5.74) is 3.59. The van der Waals surface area contributed by atoms with Gasteiger partial charge in [0.1, 0.15) is 0 Å². The van der Waals surface area contributed by atoms with Crippen LogP contribution in [-0.2, 0) is 19.5 Å². The third-order valence-corrected chi connectivity index (χ3v) is 6.95. The van der Waals surface area contributed by atoms with Crippen LogP contribution < -0.4 is 39.1 Å². The molecule has 2 N–H and O–H groups in total. The molecule has 0 saturated carbocycles. The fourth-order valence-corrected chi connectivity index (χ4v) is 5.07. The fourth-order valence-electron chi connectivity index (χ4n) is 2.72. The Bertz CT molecular complexity index is 1050. The van der Waals surface area contributed by atoms with Crippen LogP contribution in [0.3, 0.4) is 0 Å². The minimum atomic E-state index is -0.750. The second-order valence-corrected chi connectivity index (χ2v) is 14.1. The molecule has 4 aromatic carbocycles. The summed E-state index contributed by atoms with van der Waals surface area (Å²) in [6.07, 6.45) is 0. The molecule has 0 saturated heterocycles. The predicted molar refractivity (Wildman–Crippen MR) is 193 cm³/mol. The van der Waals surface area contributed by atoms with Gasteiger partial charge in [-0.3, -0.25) is 5.43 Å². The van der Waals surface area contributed by atoms with Gasteiger partial charge in [-0.05, 0) is 49.9 Å². The molecule has 236 valence electrons. The summed E-state index contributed by atoms with van der Waals surface area (Å²) in [5, 5.41) is 11.3. The summed E-state index contributed by atoms with van der Waals surface area (Å²) < 4.78 is -1.50. The molecule has 0 spiro atoms. The van der Waals surface area contributed by atoms with Crippen molar-refractivity contribution >= 4 is 116 Å². The first-order valence-corrected chi connectivity index (χ1v) is 16.4. The van der Waals surface area contributed by atoms with Gasteiger partial charge >= 0.3 is 19.5 Å². The Morgan fingerprint density at radius 2 is 0.977 bits per heavy atom. The van der Waals surface area contributed by atoms with Crippen molar-refractivity contribution in [2.24, 2.45) is 5.10 Å². The monoisotopic (exact) mass is 845 g/mol. The first-order valence-electron chi connectivity index (χ1n) is 12.0. The van der Waals surface area contributed by atoms with Gasteiger partial charge in [-0.2, -0.15) is 23.3 Å². The number of hydrogen-bond acceptors (Lipinski definition) is 2. The standard InChI is InChI=1S/C18H15P.C5H11N3S.C5H5.2CHCl3.ClH.Ru/c1-4-10-16(11-5-1)19(17-12-6-2-7-13-17)18-14-8-3-9-15-18;1-4(2)7-8-5(9)6-3;1-2-4-5-3-1;2*2-1(3)4;;/h1-15H;1-3H3,(H2,6,8,9);1-5H;2*1H;1H;/q;;-1;;;;+2/p-1. The Hall–Kier alpha value is -0.547. The van der Waals surface area contributed by atoms with Crippen molar-refractivity contribution in [3.63, 3.8) is 0 Å². The quantitative estimate of drug-likeness (QED) is 0.0482. The molecule has 0 aromatic heterocycles. The molecule has 4 rings (SSSR count). The molecular weight excluding hydrogens is 815 g/mol. The maximum absolute atomic E-state index is 4.81. The van der Waals surface area contributed by atoms with E-state index in [0.29, 0.717) is 5.11 Å². The van der Waals surface area contributed by atoms with Gasteiger partial charge in [0, 0.05) is 12.8 Å². The van der Waals surface area contributed by atoms with Crippen molar-refractivity contribution in [2.45, 2.75) is 22.4 Å². The summed E-state index contributed by atoms with van der Waals surface area (Å²) in [4.78, 5) is 0. The van der Waals surface area contributed by atoms with E-state index in [1.807, 2.05) is 44.2 Å². The van der Waals surface area contributed by atoms with E-state index in [9.17, 15) is 0 Å². The van der Waals surface area contributed by atoms with Gasteiger partial charge in [0.25, 0.3) is 0 Å². The van der Waals surface area contributed by atoms with Crippen molar-refractivity contribution in [3.05, 3.63) is 121 Å². The molecule has 0 bridgehead atoms. The molecule has 0 aliphatic rings. The molecule has 43 heavy (non-hydrogen) atoms. The van der Waals surface area contributed by atoms with Crippen molar-refractivity contribution in [3.8, 4) is 0 Å². The van der Waals surface area contributed by atoms with E-state index in [-0.39, 0.29) is 31.9 Å². The average Bonchev–Trinajstić information content (AvgIpc) is 3.54. The molecular formula is C30H33Cl7N3PRuS. The smallest absolute Gasteiger partial charge is 1.00 e. The van der Waals surface area contributed by atoms with Crippen molar-refractivity contribution in [2.75, 3.05) is 7.05 Å². The zero-order valence-electron chi connectivity index (χ0n) is 23.5. The van der Waals surface area contributed by atoms with E-state index in [1.54, 1.807) is 7.05 Å². The number of nitrogens with zero attached hydrogens (tertiary/aromatic N) is 1. The van der Waals surface area contributed by atoms with Crippen molar-refractivity contribution in [1.82, 2.24) is 10.7 Å². The third kappa shape index (κ3) is 28.7. The number of hydrogen-bond donors (Lipinski definition) is 2. The Balaban J connectivity index is -0.000000558. The second-order valence-electron chi connectivity index (χ2n) is 7.55.